The van der Waals surface area contributed by atoms with Crippen LogP contribution in [0.15, 0.2) is 23.5 Å². The minimum Gasteiger partial charge on any atom is -0.356 e. The number of nitrogens with zero attached hydrogens (tertiary/aromatic N) is 4. The van der Waals surface area contributed by atoms with Crippen LogP contribution in [-0.4, -0.2) is 59.4 Å². The van der Waals surface area contributed by atoms with E-state index in [0.29, 0.717) is 23.9 Å². The van der Waals surface area contributed by atoms with Gasteiger partial charge in [0.05, 0.1) is 0 Å². The third-order valence-electron chi connectivity index (χ3n) is 4.59. The van der Waals surface area contributed by atoms with Crippen molar-refractivity contribution < 1.29 is 0 Å². The molecule has 1 saturated heterocycles. The largest absolute Gasteiger partial charge is 0.356 e. The summed E-state index contributed by atoms with van der Waals surface area (Å²) in [7, 11) is 1.84. The molecule has 0 bridgehead atoms. The smallest absolute Gasteiger partial charge is 0.191 e. The van der Waals surface area contributed by atoms with Crippen molar-refractivity contribution in [2.75, 3.05) is 26.7 Å². The molecule has 1 aliphatic rings. The number of rotatable bonds is 6. The molecule has 0 saturated carbocycles. The molecule has 0 aromatic carbocycles. The lowest BCUT2D eigenvalue weighted by atomic mass is 10.1. The van der Waals surface area contributed by atoms with Gasteiger partial charge in [0, 0.05) is 57.7 Å². The van der Waals surface area contributed by atoms with Gasteiger partial charge in [0.1, 0.15) is 0 Å². The molecule has 3 unspecified atom stereocenters. The highest BCUT2D eigenvalue weighted by Crippen LogP contribution is 2.18. The number of hydrogen-bond donors (Lipinski definition) is 2. The number of aliphatic imine (C=N–C) groups is 1. The molecule has 1 aliphatic heterocycles. The molecule has 2 rings (SSSR count). The molecule has 6 heteroatoms. The Bertz CT molecular complexity index is 481. The van der Waals surface area contributed by atoms with Crippen LogP contribution in [0.3, 0.4) is 0 Å². The van der Waals surface area contributed by atoms with Crippen molar-refractivity contribution in [2.45, 2.75) is 46.3 Å². The van der Waals surface area contributed by atoms with Gasteiger partial charge in [-0.2, -0.15) is 5.10 Å². The topological polar surface area (TPSA) is 57.5 Å². The third kappa shape index (κ3) is 5.23. The molecule has 1 fully saturated rings. The first-order chi connectivity index (χ1) is 11.0. The van der Waals surface area contributed by atoms with Gasteiger partial charge in [0.15, 0.2) is 5.96 Å². The van der Waals surface area contributed by atoms with Crippen molar-refractivity contribution in [1.29, 1.82) is 0 Å². The third-order valence-corrected chi connectivity index (χ3v) is 4.59. The average molecular weight is 320 g/mol. The maximum Gasteiger partial charge on any atom is 0.191 e. The summed E-state index contributed by atoms with van der Waals surface area (Å²) in [5.74, 6) is 2.03. The molecule has 2 N–H and O–H groups in total. The maximum atomic E-state index is 4.38. The summed E-state index contributed by atoms with van der Waals surface area (Å²) in [4.78, 5) is 6.90. The van der Waals surface area contributed by atoms with Crippen LogP contribution in [0.5, 0.6) is 0 Å². The number of guanidine groups is 1. The van der Waals surface area contributed by atoms with Crippen molar-refractivity contribution in [3.8, 4) is 0 Å². The fraction of sp³-hybridized carbons (Fsp3) is 0.765. The van der Waals surface area contributed by atoms with E-state index in [1.54, 1.807) is 0 Å². The Morgan fingerprint density at radius 3 is 2.70 bits per heavy atom. The van der Waals surface area contributed by atoms with Crippen molar-refractivity contribution in [1.82, 2.24) is 25.3 Å². The molecule has 130 valence electrons. The lowest BCUT2D eigenvalue weighted by molar-refractivity contribution is 0.265. The molecule has 0 aliphatic carbocycles. The standard InChI is InChI=1S/C17H32N6/c1-13(2)22-11-15(4)16(12-22)21-17(18-5)19-9-14(3)10-23-8-6-7-20-23/h6-8,13-16H,9-12H2,1-5H3,(H2,18,19,21). The number of nitrogens with one attached hydrogen (secondary N) is 2. The van der Waals surface area contributed by atoms with Gasteiger partial charge in [0.25, 0.3) is 0 Å². The minimum absolute atomic E-state index is 0.463. The zero-order valence-electron chi connectivity index (χ0n) is 15.2. The predicted molar refractivity (Wildman–Crippen MR) is 95.5 cm³/mol. The molecule has 1 aromatic heterocycles. The van der Waals surface area contributed by atoms with Gasteiger partial charge in [0.2, 0.25) is 0 Å². The Hall–Kier alpha value is -1.56. The zero-order chi connectivity index (χ0) is 16.8. The van der Waals surface area contributed by atoms with E-state index in [1.807, 2.05) is 30.2 Å². The fourth-order valence-corrected chi connectivity index (χ4v) is 3.05. The summed E-state index contributed by atoms with van der Waals surface area (Å²) in [5, 5.41) is 11.3. The molecule has 6 nitrogen and oxygen atoms in total. The molecule has 1 aromatic rings. The van der Waals surface area contributed by atoms with Crippen LogP contribution in [0.4, 0.5) is 0 Å². The normalized spacial score (nSPS) is 24.2. The second kappa shape index (κ2) is 8.34. The number of aromatic nitrogens is 2. The first kappa shape index (κ1) is 17.8. The van der Waals surface area contributed by atoms with Crippen LogP contribution < -0.4 is 10.6 Å². The van der Waals surface area contributed by atoms with Crippen LogP contribution in [0.1, 0.15) is 27.7 Å². The van der Waals surface area contributed by atoms with E-state index in [2.05, 4.69) is 53.3 Å². The van der Waals surface area contributed by atoms with Crippen LogP contribution in [-0.2, 0) is 6.54 Å². The van der Waals surface area contributed by atoms with Crippen molar-refractivity contribution in [3.05, 3.63) is 18.5 Å². The quantitative estimate of drug-likeness (QED) is 0.615. The zero-order valence-corrected chi connectivity index (χ0v) is 15.2. The van der Waals surface area contributed by atoms with E-state index in [1.165, 1.54) is 0 Å². The van der Waals surface area contributed by atoms with Gasteiger partial charge < -0.3 is 10.6 Å². The fourth-order valence-electron chi connectivity index (χ4n) is 3.05. The average Bonchev–Trinajstić information content (AvgIpc) is 3.13. The van der Waals surface area contributed by atoms with Gasteiger partial charge in [-0.25, -0.2) is 0 Å². The molecule has 3 atom stereocenters. The Kier molecular flexibility index (Phi) is 6.45. The molecular formula is C17H32N6. The van der Waals surface area contributed by atoms with E-state index in [9.17, 15) is 0 Å². The highest BCUT2D eigenvalue weighted by atomic mass is 15.3. The summed E-state index contributed by atoms with van der Waals surface area (Å²) in [5.41, 5.74) is 0. The summed E-state index contributed by atoms with van der Waals surface area (Å²) in [6.07, 6.45) is 3.83. The van der Waals surface area contributed by atoms with E-state index >= 15 is 0 Å². The first-order valence-corrected chi connectivity index (χ1v) is 8.68. The van der Waals surface area contributed by atoms with Gasteiger partial charge in [-0.05, 0) is 31.7 Å². The highest BCUT2D eigenvalue weighted by molar-refractivity contribution is 5.80. The van der Waals surface area contributed by atoms with E-state index in [4.69, 9.17) is 0 Å². The number of likely N-dealkylation sites (tertiary alicyclic amines) is 1. The summed E-state index contributed by atoms with van der Waals surface area (Å²) >= 11 is 0. The minimum atomic E-state index is 0.463. The van der Waals surface area contributed by atoms with Crippen LogP contribution in [0.25, 0.3) is 0 Å². The maximum absolute atomic E-state index is 4.38. The summed E-state index contributed by atoms with van der Waals surface area (Å²) in [6, 6.07) is 3.03. The van der Waals surface area contributed by atoms with Crippen molar-refractivity contribution in [2.24, 2.45) is 16.8 Å². The molecule has 0 amide bonds. The lowest BCUT2D eigenvalue weighted by Crippen LogP contribution is -2.47. The van der Waals surface area contributed by atoms with Crippen molar-refractivity contribution >= 4 is 5.96 Å². The SMILES string of the molecule is CN=C(NCC(C)Cn1cccn1)NC1CN(C(C)C)CC1C. The summed E-state index contributed by atoms with van der Waals surface area (Å²) in [6.45, 7) is 13.1. The second-order valence-electron chi connectivity index (χ2n) is 7.06. The van der Waals surface area contributed by atoms with Gasteiger partial charge in [-0.1, -0.05) is 13.8 Å². The predicted octanol–water partition coefficient (Wildman–Crippen LogP) is 1.41. The molecule has 23 heavy (non-hydrogen) atoms. The Balaban J connectivity index is 1.77. The van der Waals surface area contributed by atoms with Crippen LogP contribution >= 0.6 is 0 Å². The van der Waals surface area contributed by atoms with E-state index in [0.717, 1.165) is 32.1 Å². The molecule has 0 radical (unpaired) electrons. The van der Waals surface area contributed by atoms with Gasteiger partial charge in [-0.3, -0.25) is 14.6 Å². The van der Waals surface area contributed by atoms with Crippen LogP contribution in [0.2, 0.25) is 0 Å². The Morgan fingerprint density at radius 2 is 2.13 bits per heavy atom. The van der Waals surface area contributed by atoms with E-state index < -0.39 is 0 Å². The summed E-state index contributed by atoms with van der Waals surface area (Å²) < 4.78 is 1.97. The van der Waals surface area contributed by atoms with Crippen molar-refractivity contribution in [3.63, 3.8) is 0 Å². The molecule has 0 spiro atoms. The highest BCUT2D eigenvalue weighted by Gasteiger charge is 2.31. The number of hydrogen-bond acceptors (Lipinski definition) is 3. The Morgan fingerprint density at radius 1 is 1.35 bits per heavy atom. The second-order valence-corrected chi connectivity index (χ2v) is 7.06. The van der Waals surface area contributed by atoms with Gasteiger partial charge >= 0.3 is 0 Å². The lowest BCUT2D eigenvalue weighted by Gasteiger charge is -2.22. The Labute approximate surface area is 140 Å². The first-order valence-electron chi connectivity index (χ1n) is 8.68. The molecule has 2 heterocycles. The monoisotopic (exact) mass is 320 g/mol. The molecular weight excluding hydrogens is 288 g/mol. The van der Waals surface area contributed by atoms with Gasteiger partial charge in [-0.15, -0.1) is 0 Å². The van der Waals surface area contributed by atoms with Crippen LogP contribution in [0, 0.1) is 11.8 Å². The van der Waals surface area contributed by atoms with E-state index in [-0.39, 0.29) is 0 Å².